The first-order valence-electron chi connectivity index (χ1n) is 8.18. The van der Waals surface area contributed by atoms with Gasteiger partial charge in [-0.1, -0.05) is 29.8 Å². The van der Waals surface area contributed by atoms with Gasteiger partial charge in [-0.3, -0.25) is 0 Å². The summed E-state index contributed by atoms with van der Waals surface area (Å²) in [5, 5.41) is 3.55. The molecular formula is C18H27NO2. The molecule has 2 saturated heterocycles. The van der Waals surface area contributed by atoms with Crippen LogP contribution < -0.4 is 5.32 Å². The zero-order valence-corrected chi connectivity index (χ0v) is 13.2. The molecule has 0 aliphatic carbocycles. The number of nitrogens with one attached hydrogen (secondary N) is 1. The Bertz CT molecular complexity index is 463. The molecule has 0 saturated carbocycles. The Morgan fingerprint density at radius 3 is 2.76 bits per heavy atom. The van der Waals surface area contributed by atoms with E-state index in [4.69, 9.17) is 9.47 Å². The highest BCUT2D eigenvalue weighted by atomic mass is 16.5. The molecule has 2 heterocycles. The molecule has 0 amide bonds. The molecule has 21 heavy (non-hydrogen) atoms. The number of rotatable bonds is 3. The predicted molar refractivity (Wildman–Crippen MR) is 84.4 cm³/mol. The fourth-order valence-corrected chi connectivity index (χ4v) is 3.98. The summed E-state index contributed by atoms with van der Waals surface area (Å²) in [7, 11) is 2.08. The fraction of sp³-hybridized carbons (Fsp3) is 0.667. The first-order valence-corrected chi connectivity index (χ1v) is 8.18. The maximum Gasteiger partial charge on any atom is 0.0729 e. The SMILES string of the molecule is CNC(c1cccc(C)c1)C1CCOC2(CCOCC2)C1. The van der Waals surface area contributed by atoms with E-state index in [1.165, 1.54) is 11.1 Å². The number of ether oxygens (including phenoxy) is 2. The zero-order valence-electron chi connectivity index (χ0n) is 13.2. The van der Waals surface area contributed by atoms with Crippen LogP contribution in [0.25, 0.3) is 0 Å². The van der Waals surface area contributed by atoms with Crippen molar-refractivity contribution >= 4 is 0 Å². The van der Waals surface area contributed by atoms with E-state index in [1.807, 2.05) is 0 Å². The molecule has 1 N–H and O–H groups in total. The molecule has 1 aromatic carbocycles. The van der Waals surface area contributed by atoms with Gasteiger partial charge in [-0.2, -0.15) is 0 Å². The average molecular weight is 289 g/mol. The van der Waals surface area contributed by atoms with Crippen molar-refractivity contribution in [1.29, 1.82) is 0 Å². The van der Waals surface area contributed by atoms with E-state index in [1.54, 1.807) is 0 Å². The maximum absolute atomic E-state index is 6.18. The van der Waals surface area contributed by atoms with Crippen LogP contribution in [0.2, 0.25) is 0 Å². The summed E-state index contributed by atoms with van der Waals surface area (Å²) in [6.07, 6.45) is 4.39. The van der Waals surface area contributed by atoms with Gasteiger partial charge in [0.1, 0.15) is 0 Å². The highest BCUT2D eigenvalue weighted by Gasteiger charge is 2.41. The lowest BCUT2D eigenvalue weighted by molar-refractivity contribution is -0.150. The molecular weight excluding hydrogens is 262 g/mol. The third kappa shape index (κ3) is 3.31. The second kappa shape index (κ2) is 6.47. The molecule has 0 radical (unpaired) electrons. The summed E-state index contributed by atoms with van der Waals surface area (Å²) >= 11 is 0. The van der Waals surface area contributed by atoms with Crippen LogP contribution in [0.1, 0.15) is 42.9 Å². The van der Waals surface area contributed by atoms with Crippen molar-refractivity contribution in [3.05, 3.63) is 35.4 Å². The highest BCUT2D eigenvalue weighted by molar-refractivity contribution is 5.26. The zero-order chi connectivity index (χ0) is 14.7. The van der Waals surface area contributed by atoms with Gasteiger partial charge in [0.15, 0.2) is 0 Å². The third-order valence-electron chi connectivity index (χ3n) is 5.12. The predicted octanol–water partition coefficient (Wildman–Crippen LogP) is 3.23. The monoisotopic (exact) mass is 289 g/mol. The molecule has 0 aromatic heterocycles. The van der Waals surface area contributed by atoms with E-state index in [0.717, 1.165) is 45.5 Å². The standard InChI is InChI=1S/C18H27NO2/c1-14-4-3-5-15(12-14)17(19-2)16-6-9-21-18(13-16)7-10-20-11-8-18/h3-5,12,16-17,19H,6-11,13H2,1-2H3. The van der Waals surface area contributed by atoms with Crippen LogP contribution in [0.5, 0.6) is 0 Å². The smallest absolute Gasteiger partial charge is 0.0729 e. The lowest BCUT2D eigenvalue weighted by Gasteiger charge is -2.45. The lowest BCUT2D eigenvalue weighted by atomic mass is 9.76. The summed E-state index contributed by atoms with van der Waals surface area (Å²) in [6.45, 7) is 4.75. The molecule has 2 aliphatic rings. The molecule has 1 spiro atoms. The van der Waals surface area contributed by atoms with Crippen molar-refractivity contribution < 1.29 is 9.47 Å². The summed E-state index contributed by atoms with van der Waals surface area (Å²) in [6, 6.07) is 9.32. The molecule has 2 unspecified atom stereocenters. The molecule has 3 rings (SSSR count). The first-order chi connectivity index (χ1) is 10.2. The van der Waals surface area contributed by atoms with E-state index in [2.05, 4.69) is 43.6 Å². The Kier molecular flexibility index (Phi) is 4.63. The Balaban J connectivity index is 1.77. The van der Waals surface area contributed by atoms with Crippen LogP contribution in [0.3, 0.4) is 0 Å². The van der Waals surface area contributed by atoms with Crippen molar-refractivity contribution in [2.75, 3.05) is 26.9 Å². The Labute approximate surface area is 128 Å². The second-order valence-corrected chi connectivity index (χ2v) is 6.58. The lowest BCUT2D eigenvalue weighted by Crippen LogP contribution is -2.46. The third-order valence-corrected chi connectivity index (χ3v) is 5.12. The first kappa shape index (κ1) is 15.0. The summed E-state index contributed by atoms with van der Waals surface area (Å²) in [5.74, 6) is 0.642. The Morgan fingerprint density at radius 2 is 2.05 bits per heavy atom. The van der Waals surface area contributed by atoms with E-state index < -0.39 is 0 Å². The summed E-state index contributed by atoms with van der Waals surface area (Å²) in [4.78, 5) is 0. The van der Waals surface area contributed by atoms with Gasteiger partial charge in [0.2, 0.25) is 0 Å². The van der Waals surface area contributed by atoms with Crippen LogP contribution in [0.15, 0.2) is 24.3 Å². The van der Waals surface area contributed by atoms with Crippen molar-refractivity contribution in [1.82, 2.24) is 5.32 Å². The quantitative estimate of drug-likeness (QED) is 0.926. The topological polar surface area (TPSA) is 30.5 Å². The van der Waals surface area contributed by atoms with Crippen molar-refractivity contribution in [3.8, 4) is 0 Å². The van der Waals surface area contributed by atoms with Gasteiger partial charge in [0.25, 0.3) is 0 Å². The molecule has 3 nitrogen and oxygen atoms in total. The summed E-state index contributed by atoms with van der Waals surface area (Å²) in [5.41, 5.74) is 2.81. The van der Waals surface area contributed by atoms with E-state index in [9.17, 15) is 0 Å². The van der Waals surface area contributed by atoms with Gasteiger partial charge in [-0.05, 0) is 51.1 Å². The van der Waals surface area contributed by atoms with Gasteiger partial charge in [0.05, 0.1) is 5.60 Å². The van der Waals surface area contributed by atoms with Crippen LogP contribution >= 0.6 is 0 Å². The minimum atomic E-state index is 0.0695. The molecule has 1 aromatic rings. The minimum Gasteiger partial charge on any atom is -0.381 e. The Hall–Kier alpha value is -0.900. The molecule has 2 fully saturated rings. The largest absolute Gasteiger partial charge is 0.381 e. The normalized spacial score (nSPS) is 26.7. The summed E-state index contributed by atoms with van der Waals surface area (Å²) < 4.78 is 11.7. The van der Waals surface area contributed by atoms with Gasteiger partial charge in [-0.15, -0.1) is 0 Å². The maximum atomic E-state index is 6.18. The fourth-order valence-electron chi connectivity index (χ4n) is 3.98. The van der Waals surface area contributed by atoms with Gasteiger partial charge in [0, 0.05) is 25.9 Å². The van der Waals surface area contributed by atoms with Crippen LogP contribution in [-0.2, 0) is 9.47 Å². The van der Waals surface area contributed by atoms with Crippen LogP contribution in [0, 0.1) is 12.8 Å². The van der Waals surface area contributed by atoms with Crippen molar-refractivity contribution in [2.24, 2.45) is 5.92 Å². The Morgan fingerprint density at radius 1 is 1.24 bits per heavy atom. The highest BCUT2D eigenvalue weighted by Crippen LogP contribution is 2.41. The van der Waals surface area contributed by atoms with Gasteiger partial charge >= 0.3 is 0 Å². The molecule has 0 bridgehead atoms. The number of hydrogen-bond donors (Lipinski definition) is 1. The van der Waals surface area contributed by atoms with E-state index in [0.29, 0.717) is 12.0 Å². The average Bonchev–Trinajstić information content (AvgIpc) is 2.49. The minimum absolute atomic E-state index is 0.0695. The molecule has 3 heteroatoms. The molecule has 2 atom stereocenters. The molecule has 116 valence electrons. The second-order valence-electron chi connectivity index (χ2n) is 6.58. The van der Waals surface area contributed by atoms with Crippen LogP contribution in [0.4, 0.5) is 0 Å². The van der Waals surface area contributed by atoms with E-state index in [-0.39, 0.29) is 5.60 Å². The number of benzene rings is 1. The molecule has 2 aliphatic heterocycles. The number of hydrogen-bond acceptors (Lipinski definition) is 3. The van der Waals surface area contributed by atoms with Gasteiger partial charge < -0.3 is 14.8 Å². The van der Waals surface area contributed by atoms with Crippen molar-refractivity contribution in [3.63, 3.8) is 0 Å². The number of aryl methyl sites for hydroxylation is 1. The van der Waals surface area contributed by atoms with E-state index >= 15 is 0 Å². The van der Waals surface area contributed by atoms with Crippen molar-refractivity contribution in [2.45, 2.75) is 44.2 Å². The van der Waals surface area contributed by atoms with Crippen LogP contribution in [-0.4, -0.2) is 32.5 Å². The van der Waals surface area contributed by atoms with Gasteiger partial charge in [-0.25, -0.2) is 0 Å².